The van der Waals surface area contributed by atoms with Gasteiger partial charge in [0.15, 0.2) is 0 Å². The Morgan fingerprint density at radius 1 is 1.22 bits per heavy atom. The van der Waals surface area contributed by atoms with Crippen molar-refractivity contribution in [1.82, 2.24) is 19.6 Å². The van der Waals surface area contributed by atoms with Gasteiger partial charge in [-0.25, -0.2) is 0 Å². The van der Waals surface area contributed by atoms with E-state index in [1.807, 2.05) is 19.0 Å². The Kier molecular flexibility index (Phi) is 7.36. The molecule has 8 heteroatoms. The van der Waals surface area contributed by atoms with Gasteiger partial charge in [0, 0.05) is 31.7 Å². The smallest absolute Gasteiger partial charge is 0.247 e. The fourth-order valence-corrected chi connectivity index (χ4v) is 2.42. The summed E-state index contributed by atoms with van der Waals surface area (Å²) in [5.74, 6) is 0.300. The van der Waals surface area contributed by atoms with Crippen molar-refractivity contribution in [3.63, 3.8) is 0 Å². The van der Waals surface area contributed by atoms with E-state index >= 15 is 0 Å². The zero-order valence-electron chi connectivity index (χ0n) is 16.3. The van der Waals surface area contributed by atoms with Crippen molar-refractivity contribution < 1.29 is 14.3 Å². The van der Waals surface area contributed by atoms with E-state index in [0.717, 1.165) is 12.3 Å². The molecule has 0 saturated heterocycles. The topological polar surface area (TPSA) is 79.7 Å². The van der Waals surface area contributed by atoms with Crippen molar-refractivity contribution >= 4 is 17.5 Å². The Bertz CT molecular complexity index is 728. The number of rotatable bonds is 9. The predicted molar refractivity (Wildman–Crippen MR) is 104 cm³/mol. The number of carbonyl (C=O) groups excluding carboxylic acids is 2. The van der Waals surface area contributed by atoms with E-state index in [2.05, 4.69) is 10.4 Å². The number of likely N-dealkylation sites (N-methyl/N-ethyl adjacent to an activating group) is 2. The van der Waals surface area contributed by atoms with E-state index in [-0.39, 0.29) is 18.4 Å². The third-order valence-electron chi connectivity index (χ3n) is 3.98. The lowest BCUT2D eigenvalue weighted by Crippen LogP contribution is -2.38. The molecule has 8 nitrogen and oxygen atoms in total. The Morgan fingerprint density at radius 2 is 1.93 bits per heavy atom. The largest absolute Gasteiger partial charge is 0.492 e. The van der Waals surface area contributed by atoms with Gasteiger partial charge in [-0.15, -0.1) is 0 Å². The monoisotopic (exact) mass is 373 g/mol. The molecule has 0 aliphatic rings. The number of aromatic nitrogens is 2. The first kappa shape index (κ1) is 20.4. The van der Waals surface area contributed by atoms with Gasteiger partial charge in [-0.2, -0.15) is 5.10 Å². The zero-order valence-corrected chi connectivity index (χ0v) is 16.3. The fourth-order valence-electron chi connectivity index (χ4n) is 2.42. The summed E-state index contributed by atoms with van der Waals surface area (Å²) >= 11 is 0. The van der Waals surface area contributed by atoms with Gasteiger partial charge in [-0.1, -0.05) is 0 Å². The lowest BCUT2D eigenvalue weighted by Gasteiger charge is -2.21. The van der Waals surface area contributed by atoms with Gasteiger partial charge in [-0.05, 0) is 51.4 Å². The molecule has 2 aromatic rings. The highest BCUT2D eigenvalue weighted by Gasteiger charge is 2.21. The second kappa shape index (κ2) is 9.72. The van der Waals surface area contributed by atoms with Crippen molar-refractivity contribution in [3.8, 4) is 5.75 Å². The summed E-state index contributed by atoms with van der Waals surface area (Å²) in [6.07, 6.45) is 3.34. The van der Waals surface area contributed by atoms with E-state index < -0.39 is 6.04 Å². The molecule has 1 heterocycles. The number of anilines is 1. The van der Waals surface area contributed by atoms with Crippen LogP contribution >= 0.6 is 0 Å². The number of ether oxygens (including phenoxy) is 1. The van der Waals surface area contributed by atoms with Crippen LogP contribution in [-0.4, -0.2) is 72.2 Å². The van der Waals surface area contributed by atoms with Crippen LogP contribution in [0.3, 0.4) is 0 Å². The lowest BCUT2D eigenvalue weighted by molar-refractivity contribution is -0.136. The van der Waals surface area contributed by atoms with Crippen molar-refractivity contribution in [1.29, 1.82) is 0 Å². The third kappa shape index (κ3) is 6.41. The molecule has 1 N–H and O–H groups in total. The summed E-state index contributed by atoms with van der Waals surface area (Å²) in [7, 11) is 5.57. The van der Waals surface area contributed by atoms with Gasteiger partial charge < -0.3 is 19.9 Å². The Labute approximate surface area is 159 Å². The van der Waals surface area contributed by atoms with E-state index in [1.165, 1.54) is 4.90 Å². The van der Waals surface area contributed by atoms with Crippen LogP contribution in [0.1, 0.15) is 13.0 Å². The molecule has 0 aliphatic carbocycles. The summed E-state index contributed by atoms with van der Waals surface area (Å²) < 4.78 is 7.18. The summed E-state index contributed by atoms with van der Waals surface area (Å²) in [6.45, 7) is 3.14. The first-order valence-electron chi connectivity index (χ1n) is 8.78. The molecule has 0 fully saturated rings. The fraction of sp³-hybridized carbons (Fsp3) is 0.421. The molecule has 0 saturated carbocycles. The Balaban J connectivity index is 1.81. The summed E-state index contributed by atoms with van der Waals surface area (Å²) in [5, 5.41) is 6.84. The standard InChI is InChI=1S/C19H27N5O3/c1-15(24-11-5-10-20-24)19(26)23(4)14-18(25)21-16-6-8-17(9-7-16)27-13-12-22(2)3/h5-11,15H,12-14H2,1-4H3,(H,21,25). The van der Waals surface area contributed by atoms with Crippen LogP contribution in [0, 0.1) is 0 Å². The highest BCUT2D eigenvalue weighted by atomic mass is 16.5. The second-order valence-corrected chi connectivity index (χ2v) is 6.58. The molecule has 0 spiro atoms. The van der Waals surface area contributed by atoms with Crippen LogP contribution in [0.4, 0.5) is 5.69 Å². The molecular formula is C19H27N5O3. The number of carbonyl (C=O) groups is 2. The normalized spacial score (nSPS) is 11.9. The average molecular weight is 373 g/mol. The predicted octanol–water partition coefficient (Wildman–Crippen LogP) is 1.48. The van der Waals surface area contributed by atoms with Crippen molar-refractivity contribution in [2.45, 2.75) is 13.0 Å². The number of hydrogen-bond acceptors (Lipinski definition) is 5. The molecule has 1 unspecified atom stereocenters. The molecule has 0 aliphatic heterocycles. The molecule has 0 bridgehead atoms. The average Bonchev–Trinajstić information content (AvgIpc) is 3.16. The number of benzene rings is 1. The van der Waals surface area contributed by atoms with Crippen LogP contribution in [-0.2, 0) is 9.59 Å². The van der Waals surface area contributed by atoms with Crippen molar-refractivity contribution in [3.05, 3.63) is 42.7 Å². The molecule has 1 aromatic carbocycles. The van der Waals surface area contributed by atoms with Crippen LogP contribution < -0.4 is 10.1 Å². The van der Waals surface area contributed by atoms with Gasteiger partial charge in [0.2, 0.25) is 11.8 Å². The van der Waals surface area contributed by atoms with Gasteiger partial charge in [0.05, 0.1) is 6.54 Å². The van der Waals surface area contributed by atoms with Gasteiger partial charge in [-0.3, -0.25) is 14.3 Å². The SMILES string of the molecule is CC(C(=O)N(C)CC(=O)Nc1ccc(OCCN(C)C)cc1)n1cccn1. The minimum Gasteiger partial charge on any atom is -0.492 e. The number of nitrogens with one attached hydrogen (secondary N) is 1. The number of amides is 2. The first-order valence-corrected chi connectivity index (χ1v) is 8.78. The Morgan fingerprint density at radius 3 is 2.52 bits per heavy atom. The van der Waals surface area contributed by atoms with Crippen molar-refractivity contribution in [2.24, 2.45) is 0 Å². The molecule has 0 radical (unpaired) electrons. The van der Waals surface area contributed by atoms with Gasteiger partial charge in [0.25, 0.3) is 0 Å². The molecule has 1 aromatic heterocycles. The van der Waals surface area contributed by atoms with Crippen LogP contribution in [0.15, 0.2) is 42.7 Å². The van der Waals surface area contributed by atoms with Crippen LogP contribution in [0.5, 0.6) is 5.75 Å². The molecule has 27 heavy (non-hydrogen) atoms. The van der Waals surface area contributed by atoms with E-state index in [9.17, 15) is 9.59 Å². The maximum atomic E-state index is 12.4. The first-order chi connectivity index (χ1) is 12.9. The maximum absolute atomic E-state index is 12.4. The lowest BCUT2D eigenvalue weighted by atomic mass is 10.3. The van der Waals surface area contributed by atoms with Crippen LogP contribution in [0.2, 0.25) is 0 Å². The van der Waals surface area contributed by atoms with Gasteiger partial charge in [0.1, 0.15) is 18.4 Å². The summed E-state index contributed by atoms with van der Waals surface area (Å²) in [5.41, 5.74) is 0.654. The van der Waals surface area contributed by atoms with E-state index in [1.54, 1.807) is 61.4 Å². The maximum Gasteiger partial charge on any atom is 0.247 e. The number of hydrogen-bond donors (Lipinski definition) is 1. The highest BCUT2D eigenvalue weighted by molar-refractivity contribution is 5.94. The number of nitrogens with zero attached hydrogens (tertiary/aromatic N) is 4. The quantitative estimate of drug-likeness (QED) is 0.720. The molecule has 2 rings (SSSR count). The second-order valence-electron chi connectivity index (χ2n) is 6.58. The summed E-state index contributed by atoms with van der Waals surface area (Å²) in [6, 6.07) is 8.45. The van der Waals surface area contributed by atoms with Crippen LogP contribution in [0.25, 0.3) is 0 Å². The molecule has 1 atom stereocenters. The minimum atomic E-state index is -0.462. The minimum absolute atomic E-state index is 0.0362. The van der Waals surface area contributed by atoms with Crippen molar-refractivity contribution in [2.75, 3.05) is 46.2 Å². The van der Waals surface area contributed by atoms with Gasteiger partial charge >= 0.3 is 0 Å². The molecular weight excluding hydrogens is 346 g/mol. The Hall–Kier alpha value is -2.87. The molecule has 146 valence electrons. The molecule has 2 amide bonds. The van der Waals surface area contributed by atoms with E-state index in [0.29, 0.717) is 12.3 Å². The van der Waals surface area contributed by atoms with E-state index in [4.69, 9.17) is 4.74 Å². The highest BCUT2D eigenvalue weighted by Crippen LogP contribution is 2.16. The summed E-state index contributed by atoms with van der Waals surface area (Å²) in [4.78, 5) is 28.0. The third-order valence-corrected chi connectivity index (χ3v) is 3.98. The zero-order chi connectivity index (χ0) is 19.8.